The molecule has 1 N–H and O–H groups in total. The summed E-state index contributed by atoms with van der Waals surface area (Å²) in [7, 11) is 0. The summed E-state index contributed by atoms with van der Waals surface area (Å²) in [5.74, 6) is -0.316. The molecule has 2 unspecified atom stereocenters. The number of nitrogens with one attached hydrogen (secondary N) is 1. The Kier molecular flexibility index (Phi) is 3.27. The summed E-state index contributed by atoms with van der Waals surface area (Å²) in [6, 6.07) is 9.20. The highest BCUT2D eigenvalue weighted by atomic mass is 16.2. The highest BCUT2D eigenvalue weighted by Crippen LogP contribution is 2.37. The van der Waals surface area contributed by atoms with Crippen molar-refractivity contribution in [2.24, 2.45) is 0 Å². The number of hydrogen-bond acceptors (Lipinski definition) is 3. The van der Waals surface area contributed by atoms with E-state index >= 15 is 0 Å². The number of hydrogen-bond donors (Lipinski definition) is 1. The largest absolute Gasteiger partial charge is 0.354 e. The number of carbonyl (C=O) groups is 3. The molecule has 21 heavy (non-hydrogen) atoms. The van der Waals surface area contributed by atoms with Crippen LogP contribution >= 0.6 is 0 Å². The maximum absolute atomic E-state index is 12.8. The summed E-state index contributed by atoms with van der Waals surface area (Å²) < 4.78 is 0. The van der Waals surface area contributed by atoms with Crippen LogP contribution < -0.4 is 5.32 Å². The van der Waals surface area contributed by atoms with Gasteiger partial charge in [0.1, 0.15) is 0 Å². The molecule has 2 saturated heterocycles. The van der Waals surface area contributed by atoms with Gasteiger partial charge < -0.3 is 5.32 Å². The fraction of sp³-hybridized carbons (Fsp3) is 0.438. The summed E-state index contributed by atoms with van der Waals surface area (Å²) in [6.45, 7) is 2.19. The van der Waals surface area contributed by atoms with Crippen molar-refractivity contribution in [3.63, 3.8) is 0 Å². The van der Waals surface area contributed by atoms with E-state index in [9.17, 15) is 14.4 Å². The number of nitrogens with zero attached hydrogens (tertiary/aromatic N) is 1. The van der Waals surface area contributed by atoms with Crippen LogP contribution in [0, 0.1) is 0 Å². The van der Waals surface area contributed by atoms with Crippen LogP contribution in [0.3, 0.4) is 0 Å². The van der Waals surface area contributed by atoms with Crippen LogP contribution in [-0.4, -0.2) is 35.2 Å². The minimum absolute atomic E-state index is 0.0174. The van der Waals surface area contributed by atoms with Gasteiger partial charge in [-0.2, -0.15) is 0 Å². The van der Waals surface area contributed by atoms with Gasteiger partial charge in [0.2, 0.25) is 17.7 Å². The van der Waals surface area contributed by atoms with Crippen molar-refractivity contribution in [1.29, 1.82) is 0 Å². The number of benzene rings is 1. The third kappa shape index (κ3) is 2.22. The molecule has 0 spiro atoms. The Morgan fingerprint density at radius 1 is 1.19 bits per heavy atom. The number of rotatable bonds is 2. The monoisotopic (exact) mass is 286 g/mol. The van der Waals surface area contributed by atoms with Crippen LogP contribution in [0.5, 0.6) is 0 Å². The number of carbonyl (C=O) groups excluding carboxylic acids is 3. The summed E-state index contributed by atoms with van der Waals surface area (Å²) in [5, 5.41) is 2.73. The number of amides is 3. The van der Waals surface area contributed by atoms with Gasteiger partial charge in [-0.25, -0.2) is 0 Å². The van der Waals surface area contributed by atoms with Crippen LogP contribution in [0.2, 0.25) is 0 Å². The van der Waals surface area contributed by atoms with Gasteiger partial charge in [0.15, 0.2) is 0 Å². The Morgan fingerprint density at radius 3 is 2.52 bits per heavy atom. The summed E-state index contributed by atoms with van der Waals surface area (Å²) in [5.41, 5.74) is 0.0745. The lowest BCUT2D eigenvalue weighted by Gasteiger charge is -2.31. The molecule has 3 amide bonds. The van der Waals surface area contributed by atoms with E-state index in [2.05, 4.69) is 5.32 Å². The molecule has 1 aromatic carbocycles. The summed E-state index contributed by atoms with van der Waals surface area (Å²) in [4.78, 5) is 37.8. The molecule has 2 atom stereocenters. The van der Waals surface area contributed by atoms with Gasteiger partial charge in [-0.05, 0) is 18.9 Å². The van der Waals surface area contributed by atoms with Gasteiger partial charge in [0.25, 0.3) is 0 Å². The molecule has 5 heteroatoms. The average molecular weight is 286 g/mol. The molecule has 3 rings (SSSR count). The molecule has 2 fully saturated rings. The van der Waals surface area contributed by atoms with Crippen molar-refractivity contribution in [3.8, 4) is 0 Å². The fourth-order valence-corrected chi connectivity index (χ4v) is 3.18. The highest BCUT2D eigenvalue weighted by molar-refractivity contribution is 6.09. The van der Waals surface area contributed by atoms with Crippen molar-refractivity contribution < 1.29 is 14.4 Å². The maximum atomic E-state index is 12.8. The van der Waals surface area contributed by atoms with Gasteiger partial charge >= 0.3 is 0 Å². The first-order valence-corrected chi connectivity index (χ1v) is 7.21. The van der Waals surface area contributed by atoms with Crippen molar-refractivity contribution in [2.45, 2.75) is 37.6 Å². The van der Waals surface area contributed by atoms with E-state index in [1.54, 1.807) is 0 Å². The van der Waals surface area contributed by atoms with Crippen molar-refractivity contribution in [2.75, 3.05) is 6.54 Å². The van der Waals surface area contributed by atoms with E-state index in [0.29, 0.717) is 19.4 Å². The van der Waals surface area contributed by atoms with Crippen molar-refractivity contribution in [3.05, 3.63) is 35.9 Å². The number of likely N-dealkylation sites (tertiary alicyclic amines) is 1. The van der Waals surface area contributed by atoms with Gasteiger partial charge in [-0.1, -0.05) is 30.3 Å². The molecular formula is C16H18N2O3. The second kappa shape index (κ2) is 4.98. The zero-order chi connectivity index (χ0) is 15.0. The van der Waals surface area contributed by atoms with E-state index in [-0.39, 0.29) is 30.2 Å². The first kappa shape index (κ1) is 13.8. The van der Waals surface area contributed by atoms with Gasteiger partial charge in [0, 0.05) is 19.4 Å². The van der Waals surface area contributed by atoms with Crippen molar-refractivity contribution in [1.82, 2.24) is 10.2 Å². The zero-order valence-electron chi connectivity index (χ0n) is 12.0. The predicted molar refractivity (Wildman–Crippen MR) is 76.3 cm³/mol. The maximum Gasteiger partial charge on any atom is 0.240 e. The lowest BCUT2D eigenvalue weighted by atomic mass is 9.81. The van der Waals surface area contributed by atoms with Crippen LogP contribution in [0.15, 0.2) is 30.3 Å². The number of imide groups is 1. The standard InChI is InChI=1S/C16H18N2O3/c1-16(11-5-3-2-4-6-11)9-14(20)18(15(16)21)12-7-8-13(19)17-10-12/h2-6,12H,7-10H2,1H3,(H,17,19). The molecule has 5 nitrogen and oxygen atoms in total. The van der Waals surface area contributed by atoms with Crippen LogP contribution in [-0.2, 0) is 19.8 Å². The third-order valence-electron chi connectivity index (χ3n) is 4.48. The van der Waals surface area contributed by atoms with E-state index in [1.807, 2.05) is 37.3 Å². The second-order valence-electron chi connectivity index (χ2n) is 5.94. The van der Waals surface area contributed by atoms with E-state index in [0.717, 1.165) is 5.56 Å². The SMILES string of the molecule is CC1(c2ccccc2)CC(=O)N(C2CCC(=O)NC2)C1=O. The molecular weight excluding hydrogens is 268 g/mol. The summed E-state index contributed by atoms with van der Waals surface area (Å²) in [6.07, 6.45) is 1.11. The minimum atomic E-state index is -0.792. The average Bonchev–Trinajstić information content (AvgIpc) is 2.72. The van der Waals surface area contributed by atoms with E-state index < -0.39 is 5.41 Å². The fourth-order valence-electron chi connectivity index (χ4n) is 3.18. The molecule has 0 bridgehead atoms. The normalized spacial score (nSPS) is 29.7. The molecule has 110 valence electrons. The number of piperidine rings is 1. The first-order valence-electron chi connectivity index (χ1n) is 7.21. The Morgan fingerprint density at radius 2 is 1.90 bits per heavy atom. The molecule has 1 aromatic rings. The molecule has 2 heterocycles. The lowest BCUT2D eigenvalue weighted by molar-refractivity contribution is -0.144. The van der Waals surface area contributed by atoms with E-state index in [4.69, 9.17) is 0 Å². The Balaban J connectivity index is 1.87. The highest BCUT2D eigenvalue weighted by Gasteiger charge is 2.51. The molecule has 2 aliphatic heterocycles. The quantitative estimate of drug-likeness (QED) is 0.824. The Labute approximate surface area is 123 Å². The third-order valence-corrected chi connectivity index (χ3v) is 4.48. The van der Waals surface area contributed by atoms with Crippen LogP contribution in [0.4, 0.5) is 0 Å². The zero-order valence-corrected chi connectivity index (χ0v) is 12.0. The Hall–Kier alpha value is -2.17. The molecule has 0 saturated carbocycles. The Bertz CT molecular complexity index is 589. The smallest absolute Gasteiger partial charge is 0.240 e. The topological polar surface area (TPSA) is 66.5 Å². The molecule has 0 aromatic heterocycles. The van der Waals surface area contributed by atoms with Crippen LogP contribution in [0.1, 0.15) is 31.7 Å². The van der Waals surface area contributed by atoms with Crippen LogP contribution in [0.25, 0.3) is 0 Å². The van der Waals surface area contributed by atoms with Gasteiger partial charge in [-0.15, -0.1) is 0 Å². The first-order chi connectivity index (χ1) is 10.0. The second-order valence-corrected chi connectivity index (χ2v) is 5.94. The van der Waals surface area contributed by atoms with Crippen molar-refractivity contribution >= 4 is 17.7 Å². The predicted octanol–water partition coefficient (Wildman–Crippen LogP) is 0.982. The summed E-state index contributed by atoms with van der Waals surface area (Å²) >= 11 is 0. The lowest BCUT2D eigenvalue weighted by Crippen LogP contribution is -2.51. The van der Waals surface area contributed by atoms with Gasteiger partial charge in [0.05, 0.1) is 11.5 Å². The van der Waals surface area contributed by atoms with Gasteiger partial charge in [-0.3, -0.25) is 19.3 Å². The minimum Gasteiger partial charge on any atom is -0.354 e. The molecule has 0 radical (unpaired) electrons. The molecule has 0 aliphatic carbocycles. The van der Waals surface area contributed by atoms with E-state index in [1.165, 1.54) is 4.90 Å². The molecule has 2 aliphatic rings.